The topological polar surface area (TPSA) is 15.3 Å². The van der Waals surface area contributed by atoms with Gasteiger partial charge in [-0.15, -0.1) is 0 Å². The molecule has 17 heavy (non-hydrogen) atoms. The van der Waals surface area contributed by atoms with Gasteiger partial charge >= 0.3 is 0 Å². The van der Waals surface area contributed by atoms with Crippen LogP contribution < -0.4 is 5.32 Å². The molecule has 0 aliphatic carbocycles. The molecular formula is C14H30N2S. The highest BCUT2D eigenvalue weighted by molar-refractivity contribution is 8.00. The zero-order valence-electron chi connectivity index (χ0n) is 12.1. The highest BCUT2D eigenvalue weighted by atomic mass is 32.2. The van der Waals surface area contributed by atoms with Crippen LogP contribution in [0.15, 0.2) is 0 Å². The van der Waals surface area contributed by atoms with Crippen molar-refractivity contribution in [3.05, 3.63) is 0 Å². The van der Waals surface area contributed by atoms with Crippen LogP contribution in [0.1, 0.15) is 47.0 Å². The molecule has 0 aromatic heterocycles. The summed E-state index contributed by atoms with van der Waals surface area (Å²) in [4.78, 5) is 2.65. The van der Waals surface area contributed by atoms with Crippen molar-refractivity contribution < 1.29 is 0 Å². The lowest BCUT2D eigenvalue weighted by molar-refractivity contribution is 0.213. The zero-order valence-corrected chi connectivity index (χ0v) is 12.9. The van der Waals surface area contributed by atoms with Crippen LogP contribution in [0.3, 0.4) is 0 Å². The van der Waals surface area contributed by atoms with E-state index < -0.39 is 0 Å². The first-order valence-electron chi connectivity index (χ1n) is 7.14. The summed E-state index contributed by atoms with van der Waals surface area (Å²) in [6.45, 7) is 14.2. The molecule has 3 heteroatoms. The van der Waals surface area contributed by atoms with Gasteiger partial charge in [0, 0.05) is 29.6 Å². The standard InChI is InChI=1S/C14H30N2S/c1-5-6-8-15-12-13(2)16-9-7-14(3,4)17-11-10-16/h13,15H,5-12H2,1-4H3. The van der Waals surface area contributed by atoms with Crippen molar-refractivity contribution in [2.24, 2.45) is 0 Å². The van der Waals surface area contributed by atoms with Gasteiger partial charge < -0.3 is 5.32 Å². The van der Waals surface area contributed by atoms with E-state index in [4.69, 9.17) is 0 Å². The van der Waals surface area contributed by atoms with Gasteiger partial charge in [0.25, 0.3) is 0 Å². The van der Waals surface area contributed by atoms with Gasteiger partial charge in [-0.2, -0.15) is 11.8 Å². The molecular weight excluding hydrogens is 228 g/mol. The summed E-state index contributed by atoms with van der Waals surface area (Å²) in [6, 6.07) is 0.682. The minimum Gasteiger partial charge on any atom is -0.315 e. The van der Waals surface area contributed by atoms with Crippen LogP contribution in [-0.4, -0.2) is 47.6 Å². The third-order valence-corrected chi connectivity index (χ3v) is 5.01. The number of hydrogen-bond donors (Lipinski definition) is 1. The molecule has 0 saturated carbocycles. The Balaban J connectivity index is 2.24. The molecule has 1 heterocycles. The normalized spacial score (nSPS) is 23.3. The molecule has 1 saturated heterocycles. The lowest BCUT2D eigenvalue weighted by Crippen LogP contribution is -2.42. The van der Waals surface area contributed by atoms with E-state index in [9.17, 15) is 0 Å². The highest BCUT2D eigenvalue weighted by Gasteiger charge is 2.25. The molecule has 1 fully saturated rings. The van der Waals surface area contributed by atoms with Gasteiger partial charge in [0.15, 0.2) is 0 Å². The lowest BCUT2D eigenvalue weighted by atomic mass is 10.1. The lowest BCUT2D eigenvalue weighted by Gasteiger charge is -2.28. The van der Waals surface area contributed by atoms with Crippen LogP contribution >= 0.6 is 11.8 Å². The van der Waals surface area contributed by atoms with Crippen molar-refractivity contribution >= 4 is 11.8 Å². The van der Waals surface area contributed by atoms with Crippen LogP contribution in [0.2, 0.25) is 0 Å². The number of nitrogens with zero attached hydrogens (tertiary/aromatic N) is 1. The minimum absolute atomic E-state index is 0.476. The molecule has 0 bridgehead atoms. The summed E-state index contributed by atoms with van der Waals surface area (Å²) >= 11 is 2.13. The predicted octanol–water partition coefficient (Wildman–Crippen LogP) is 2.98. The van der Waals surface area contributed by atoms with Gasteiger partial charge in [0.2, 0.25) is 0 Å². The van der Waals surface area contributed by atoms with Crippen LogP contribution in [-0.2, 0) is 0 Å². The number of unbranched alkanes of at least 4 members (excludes halogenated alkanes) is 1. The summed E-state index contributed by atoms with van der Waals surface area (Å²) in [6.07, 6.45) is 3.91. The maximum Gasteiger partial charge on any atom is 0.0192 e. The summed E-state index contributed by atoms with van der Waals surface area (Å²) in [5, 5.41) is 3.58. The molecule has 1 atom stereocenters. The fourth-order valence-corrected chi connectivity index (χ4v) is 3.33. The van der Waals surface area contributed by atoms with E-state index in [0.29, 0.717) is 10.8 Å². The highest BCUT2D eigenvalue weighted by Crippen LogP contribution is 2.31. The van der Waals surface area contributed by atoms with E-state index in [0.717, 1.165) is 6.54 Å². The fraction of sp³-hybridized carbons (Fsp3) is 1.00. The Morgan fingerprint density at radius 1 is 1.35 bits per heavy atom. The van der Waals surface area contributed by atoms with Crippen LogP contribution in [0.5, 0.6) is 0 Å². The number of hydrogen-bond acceptors (Lipinski definition) is 3. The third-order valence-electron chi connectivity index (χ3n) is 3.64. The van der Waals surface area contributed by atoms with Crippen molar-refractivity contribution in [1.29, 1.82) is 0 Å². The molecule has 0 spiro atoms. The van der Waals surface area contributed by atoms with Gasteiger partial charge in [-0.25, -0.2) is 0 Å². The van der Waals surface area contributed by atoms with Crippen molar-refractivity contribution in [1.82, 2.24) is 10.2 Å². The maximum absolute atomic E-state index is 3.58. The van der Waals surface area contributed by atoms with Crippen molar-refractivity contribution in [2.75, 3.05) is 31.9 Å². The molecule has 102 valence electrons. The summed E-state index contributed by atoms with van der Waals surface area (Å²) < 4.78 is 0.476. The van der Waals surface area contributed by atoms with E-state index in [-0.39, 0.29) is 0 Å². The summed E-state index contributed by atoms with van der Waals surface area (Å²) in [7, 11) is 0. The van der Waals surface area contributed by atoms with Gasteiger partial charge in [-0.1, -0.05) is 27.2 Å². The third kappa shape index (κ3) is 6.12. The second kappa shape index (κ2) is 7.65. The smallest absolute Gasteiger partial charge is 0.0192 e. The fourth-order valence-electron chi connectivity index (χ4n) is 2.22. The predicted molar refractivity (Wildman–Crippen MR) is 80.0 cm³/mol. The van der Waals surface area contributed by atoms with Crippen molar-refractivity contribution in [3.8, 4) is 0 Å². The second-order valence-corrected chi connectivity index (χ2v) is 7.60. The number of nitrogens with one attached hydrogen (secondary N) is 1. The second-order valence-electron chi connectivity index (χ2n) is 5.80. The van der Waals surface area contributed by atoms with E-state index >= 15 is 0 Å². The first-order chi connectivity index (χ1) is 8.05. The monoisotopic (exact) mass is 258 g/mol. The largest absolute Gasteiger partial charge is 0.315 e. The molecule has 0 aromatic carbocycles. The minimum atomic E-state index is 0.476. The van der Waals surface area contributed by atoms with Crippen LogP contribution in [0.25, 0.3) is 0 Å². The molecule has 0 radical (unpaired) electrons. The average molecular weight is 258 g/mol. The van der Waals surface area contributed by atoms with Crippen molar-refractivity contribution in [3.63, 3.8) is 0 Å². The van der Waals surface area contributed by atoms with E-state index in [1.807, 2.05) is 0 Å². The Bertz CT molecular complexity index is 206. The van der Waals surface area contributed by atoms with Crippen LogP contribution in [0.4, 0.5) is 0 Å². The zero-order chi connectivity index (χ0) is 12.7. The van der Waals surface area contributed by atoms with Crippen LogP contribution in [0, 0.1) is 0 Å². The molecule has 1 aliphatic rings. The SMILES string of the molecule is CCCCNCC(C)N1CCSC(C)(C)CC1. The Labute approximate surface area is 112 Å². The number of thioether (sulfide) groups is 1. The Kier molecular flexibility index (Phi) is 6.90. The Hall–Kier alpha value is 0.270. The van der Waals surface area contributed by atoms with Gasteiger partial charge in [-0.05, 0) is 32.9 Å². The molecule has 2 nitrogen and oxygen atoms in total. The van der Waals surface area contributed by atoms with E-state index in [1.54, 1.807) is 0 Å². The molecule has 1 unspecified atom stereocenters. The first kappa shape index (κ1) is 15.3. The van der Waals surface area contributed by atoms with Gasteiger partial charge in [0.1, 0.15) is 0 Å². The van der Waals surface area contributed by atoms with E-state index in [2.05, 4.69) is 49.7 Å². The Morgan fingerprint density at radius 3 is 2.82 bits per heavy atom. The van der Waals surface area contributed by atoms with E-state index in [1.165, 1.54) is 44.6 Å². The summed E-state index contributed by atoms with van der Waals surface area (Å²) in [5.41, 5.74) is 0. The first-order valence-corrected chi connectivity index (χ1v) is 8.12. The molecule has 1 aliphatic heterocycles. The summed E-state index contributed by atoms with van der Waals surface area (Å²) in [5.74, 6) is 1.28. The maximum atomic E-state index is 3.58. The Morgan fingerprint density at radius 2 is 2.12 bits per heavy atom. The van der Waals surface area contributed by atoms with Gasteiger partial charge in [0.05, 0.1) is 0 Å². The molecule has 0 aromatic rings. The van der Waals surface area contributed by atoms with Crippen molar-refractivity contribution in [2.45, 2.75) is 57.7 Å². The molecule has 1 N–H and O–H groups in total. The van der Waals surface area contributed by atoms with Gasteiger partial charge in [-0.3, -0.25) is 4.90 Å². The molecule has 1 rings (SSSR count). The quantitative estimate of drug-likeness (QED) is 0.737. The molecule has 0 amide bonds. The average Bonchev–Trinajstić information content (AvgIpc) is 2.45. The number of rotatable bonds is 6.